The van der Waals surface area contributed by atoms with Gasteiger partial charge in [0.15, 0.2) is 0 Å². The molecule has 1 fully saturated rings. The Morgan fingerprint density at radius 3 is 2.35 bits per heavy atom. The molecule has 0 radical (unpaired) electrons. The number of hydrogen-bond donors (Lipinski definition) is 2. The minimum absolute atomic E-state index is 0.0310. The number of aryl methyl sites for hydroxylation is 1. The van der Waals surface area contributed by atoms with Gasteiger partial charge in [0, 0.05) is 30.8 Å². The fourth-order valence-corrected chi connectivity index (χ4v) is 4.18. The van der Waals surface area contributed by atoms with Crippen molar-refractivity contribution in [3.8, 4) is 0 Å². The molecule has 164 valence electrons. The zero-order chi connectivity index (χ0) is 22.6. The van der Waals surface area contributed by atoms with Crippen molar-refractivity contribution in [2.45, 2.75) is 31.6 Å². The van der Waals surface area contributed by atoms with Crippen LogP contribution >= 0.6 is 0 Å². The topological polar surface area (TPSA) is 110 Å². The number of nitrogens with zero attached hydrogens (tertiary/aromatic N) is 1. The van der Waals surface area contributed by atoms with Crippen LogP contribution in [0, 0.1) is 19.8 Å². The van der Waals surface area contributed by atoms with Crippen molar-refractivity contribution in [1.82, 2.24) is 4.90 Å². The smallest absolute Gasteiger partial charge is 0.246 e. The predicted octanol–water partition coefficient (Wildman–Crippen LogP) is 2.84. The first-order valence-corrected chi connectivity index (χ1v) is 11.7. The van der Waals surface area contributed by atoms with Gasteiger partial charge in [0.1, 0.15) is 0 Å². The standard InChI is InChI=1S/C23H27N3O4S/c1-16-14-20(31(24,29)30)15-21(17(16)2)25-23(28)19-10-12-26(13-11-19)22(27)9-8-18-6-4-3-5-7-18/h3-9,14-15,19H,10-13H2,1-2H3,(H,25,28)(H2,24,29,30)/b9-8+. The number of hydrogen-bond acceptors (Lipinski definition) is 4. The van der Waals surface area contributed by atoms with Crippen LogP contribution < -0.4 is 10.5 Å². The molecule has 1 aliphatic rings. The highest BCUT2D eigenvalue weighted by atomic mass is 32.2. The Morgan fingerprint density at radius 1 is 1.10 bits per heavy atom. The van der Waals surface area contributed by atoms with E-state index in [0.717, 1.165) is 16.7 Å². The number of likely N-dealkylation sites (tertiary alicyclic amines) is 1. The van der Waals surface area contributed by atoms with Gasteiger partial charge >= 0.3 is 0 Å². The molecule has 0 spiro atoms. The van der Waals surface area contributed by atoms with Crippen molar-refractivity contribution in [2.75, 3.05) is 18.4 Å². The molecule has 2 aromatic rings. The van der Waals surface area contributed by atoms with E-state index in [2.05, 4.69) is 5.32 Å². The lowest BCUT2D eigenvalue weighted by Gasteiger charge is -2.30. The number of carbonyl (C=O) groups is 2. The van der Waals surface area contributed by atoms with Crippen LogP contribution in [0.2, 0.25) is 0 Å². The number of primary sulfonamides is 1. The summed E-state index contributed by atoms with van der Waals surface area (Å²) in [5, 5.41) is 8.09. The lowest BCUT2D eigenvalue weighted by molar-refractivity contribution is -0.130. The largest absolute Gasteiger partial charge is 0.339 e. The molecule has 3 N–H and O–H groups in total. The summed E-state index contributed by atoms with van der Waals surface area (Å²) in [5.74, 6) is -0.504. The molecule has 0 atom stereocenters. The summed E-state index contributed by atoms with van der Waals surface area (Å²) in [7, 11) is -3.87. The Morgan fingerprint density at radius 2 is 1.74 bits per heavy atom. The first kappa shape index (κ1) is 22.7. The van der Waals surface area contributed by atoms with E-state index in [4.69, 9.17) is 5.14 Å². The van der Waals surface area contributed by atoms with Crippen LogP contribution in [0.4, 0.5) is 5.69 Å². The maximum Gasteiger partial charge on any atom is 0.246 e. The van der Waals surface area contributed by atoms with Gasteiger partial charge in [-0.25, -0.2) is 13.6 Å². The molecule has 1 heterocycles. The van der Waals surface area contributed by atoms with Gasteiger partial charge in [0.05, 0.1) is 4.90 Å². The lowest BCUT2D eigenvalue weighted by atomic mass is 9.95. The van der Waals surface area contributed by atoms with E-state index in [1.54, 1.807) is 24.0 Å². The molecule has 0 unspecified atom stereocenters. The SMILES string of the molecule is Cc1cc(S(N)(=O)=O)cc(NC(=O)C2CCN(C(=O)/C=C/c3ccccc3)CC2)c1C. The normalized spacial score (nSPS) is 15.3. The number of nitrogens with two attached hydrogens (primary N) is 1. The maximum atomic E-state index is 12.8. The van der Waals surface area contributed by atoms with Gasteiger partial charge in [-0.05, 0) is 61.6 Å². The van der Waals surface area contributed by atoms with Crippen LogP contribution in [0.15, 0.2) is 53.4 Å². The number of benzene rings is 2. The van der Waals surface area contributed by atoms with E-state index in [0.29, 0.717) is 31.6 Å². The second kappa shape index (κ2) is 9.45. The van der Waals surface area contributed by atoms with Crippen molar-refractivity contribution < 1.29 is 18.0 Å². The minimum Gasteiger partial charge on any atom is -0.339 e. The van der Waals surface area contributed by atoms with E-state index in [9.17, 15) is 18.0 Å². The first-order valence-electron chi connectivity index (χ1n) is 10.1. The number of amides is 2. The van der Waals surface area contributed by atoms with Crippen molar-refractivity contribution in [3.05, 3.63) is 65.2 Å². The Kier molecular flexibility index (Phi) is 6.92. The highest BCUT2D eigenvalue weighted by Gasteiger charge is 2.27. The molecule has 0 bridgehead atoms. The Labute approximate surface area is 183 Å². The molecule has 1 saturated heterocycles. The summed E-state index contributed by atoms with van der Waals surface area (Å²) < 4.78 is 23.4. The molecule has 2 aromatic carbocycles. The third kappa shape index (κ3) is 5.80. The van der Waals surface area contributed by atoms with Gasteiger partial charge in [0.2, 0.25) is 21.8 Å². The average Bonchev–Trinajstić information content (AvgIpc) is 2.75. The Bertz CT molecular complexity index is 1100. The molecule has 2 amide bonds. The number of piperidine rings is 1. The highest BCUT2D eigenvalue weighted by Crippen LogP contribution is 2.26. The number of nitrogens with one attached hydrogen (secondary N) is 1. The van der Waals surface area contributed by atoms with Crippen LogP contribution in [0.5, 0.6) is 0 Å². The van der Waals surface area contributed by atoms with Gasteiger partial charge in [-0.2, -0.15) is 0 Å². The van der Waals surface area contributed by atoms with E-state index in [-0.39, 0.29) is 22.6 Å². The third-order valence-corrected chi connectivity index (χ3v) is 6.52. The van der Waals surface area contributed by atoms with Crippen molar-refractivity contribution in [1.29, 1.82) is 0 Å². The molecule has 31 heavy (non-hydrogen) atoms. The van der Waals surface area contributed by atoms with Crippen molar-refractivity contribution >= 4 is 33.6 Å². The molecule has 7 nitrogen and oxygen atoms in total. The summed E-state index contributed by atoms with van der Waals surface area (Å²) in [6.45, 7) is 4.57. The summed E-state index contributed by atoms with van der Waals surface area (Å²) >= 11 is 0. The van der Waals surface area contributed by atoms with Crippen LogP contribution in [-0.2, 0) is 19.6 Å². The number of carbonyl (C=O) groups excluding carboxylic acids is 2. The van der Waals surface area contributed by atoms with Gasteiger partial charge in [-0.1, -0.05) is 30.3 Å². The van der Waals surface area contributed by atoms with Crippen LogP contribution in [0.25, 0.3) is 6.08 Å². The van der Waals surface area contributed by atoms with Gasteiger partial charge in [-0.3, -0.25) is 9.59 Å². The lowest BCUT2D eigenvalue weighted by Crippen LogP contribution is -2.40. The summed E-state index contributed by atoms with van der Waals surface area (Å²) in [6, 6.07) is 12.5. The molecular weight excluding hydrogens is 414 g/mol. The van der Waals surface area contributed by atoms with Crippen molar-refractivity contribution in [3.63, 3.8) is 0 Å². The molecule has 0 saturated carbocycles. The van der Waals surface area contributed by atoms with Crippen LogP contribution in [0.1, 0.15) is 29.5 Å². The highest BCUT2D eigenvalue weighted by molar-refractivity contribution is 7.89. The van der Waals surface area contributed by atoms with E-state index < -0.39 is 10.0 Å². The zero-order valence-electron chi connectivity index (χ0n) is 17.7. The molecule has 3 rings (SSSR count). The summed E-state index contributed by atoms with van der Waals surface area (Å²) in [6.07, 6.45) is 4.43. The fraction of sp³-hybridized carbons (Fsp3) is 0.304. The monoisotopic (exact) mass is 441 g/mol. The molecular formula is C23H27N3O4S. The van der Waals surface area contributed by atoms with E-state index in [1.807, 2.05) is 37.3 Å². The van der Waals surface area contributed by atoms with E-state index >= 15 is 0 Å². The number of sulfonamides is 1. The predicted molar refractivity (Wildman–Crippen MR) is 121 cm³/mol. The van der Waals surface area contributed by atoms with Crippen LogP contribution in [-0.4, -0.2) is 38.2 Å². The van der Waals surface area contributed by atoms with Gasteiger partial charge in [-0.15, -0.1) is 0 Å². The second-order valence-corrected chi connectivity index (χ2v) is 9.35. The summed E-state index contributed by atoms with van der Waals surface area (Å²) in [4.78, 5) is 26.9. The molecule has 1 aliphatic heterocycles. The molecule has 8 heteroatoms. The first-order chi connectivity index (χ1) is 14.6. The van der Waals surface area contributed by atoms with E-state index in [1.165, 1.54) is 12.1 Å². The minimum atomic E-state index is -3.87. The Balaban J connectivity index is 1.60. The molecule has 0 aromatic heterocycles. The van der Waals surface area contributed by atoms with Crippen molar-refractivity contribution in [2.24, 2.45) is 11.1 Å². The third-order valence-electron chi connectivity index (χ3n) is 5.62. The average molecular weight is 442 g/mol. The maximum absolute atomic E-state index is 12.8. The summed E-state index contributed by atoms with van der Waals surface area (Å²) in [5.41, 5.74) is 2.92. The van der Waals surface area contributed by atoms with Crippen LogP contribution in [0.3, 0.4) is 0 Å². The zero-order valence-corrected chi connectivity index (χ0v) is 18.5. The molecule has 0 aliphatic carbocycles. The number of anilines is 1. The fourth-order valence-electron chi connectivity index (χ4n) is 3.55. The number of rotatable bonds is 5. The second-order valence-electron chi connectivity index (χ2n) is 7.79. The van der Waals surface area contributed by atoms with Gasteiger partial charge < -0.3 is 10.2 Å². The Hall–Kier alpha value is -2.97. The van der Waals surface area contributed by atoms with Gasteiger partial charge in [0.25, 0.3) is 0 Å². The quantitative estimate of drug-likeness (QED) is 0.695.